The second-order valence-electron chi connectivity index (χ2n) is 5.64. The average Bonchev–Trinajstić information content (AvgIpc) is 2.25. The van der Waals surface area contributed by atoms with Crippen LogP contribution in [0.25, 0.3) is 0 Å². The Labute approximate surface area is 109 Å². The van der Waals surface area contributed by atoms with Crippen LogP contribution < -0.4 is 10.4 Å². The van der Waals surface area contributed by atoms with Crippen LogP contribution in [0.3, 0.4) is 0 Å². The van der Waals surface area contributed by atoms with E-state index in [0.29, 0.717) is 13.4 Å². The van der Waals surface area contributed by atoms with Crippen molar-refractivity contribution in [2.24, 2.45) is 0 Å². The van der Waals surface area contributed by atoms with Gasteiger partial charge in [0, 0.05) is 26.5 Å². The SMILES string of the molecule is CN(C)c1ncc(BOC(C)(C)C(C)(C)O)cn1. The minimum atomic E-state index is -0.905. The maximum Gasteiger partial charge on any atom is 0.312 e. The molecule has 0 unspecified atom stereocenters. The number of aliphatic hydroxyl groups is 1. The van der Waals surface area contributed by atoms with Gasteiger partial charge in [-0.1, -0.05) is 0 Å². The van der Waals surface area contributed by atoms with Crippen molar-refractivity contribution in [3.8, 4) is 0 Å². The third-order valence-corrected chi connectivity index (χ3v) is 3.16. The molecule has 0 atom stereocenters. The molecule has 0 saturated carbocycles. The summed E-state index contributed by atoms with van der Waals surface area (Å²) in [5.74, 6) is 0.667. The number of nitrogens with zero attached hydrogens (tertiary/aromatic N) is 3. The Morgan fingerprint density at radius 1 is 1.17 bits per heavy atom. The smallest absolute Gasteiger partial charge is 0.312 e. The second-order valence-corrected chi connectivity index (χ2v) is 5.64. The molecule has 6 heteroatoms. The van der Waals surface area contributed by atoms with Crippen molar-refractivity contribution in [2.75, 3.05) is 19.0 Å². The zero-order chi connectivity index (χ0) is 14.0. The van der Waals surface area contributed by atoms with Crippen LogP contribution in [0.2, 0.25) is 0 Å². The molecule has 1 heterocycles. The van der Waals surface area contributed by atoms with E-state index < -0.39 is 11.2 Å². The highest BCUT2D eigenvalue weighted by Gasteiger charge is 2.35. The maximum absolute atomic E-state index is 9.98. The number of anilines is 1. The first-order chi connectivity index (χ1) is 8.13. The Kier molecular flexibility index (Phi) is 4.34. The molecule has 1 aromatic rings. The summed E-state index contributed by atoms with van der Waals surface area (Å²) in [6, 6.07) is 0. The molecule has 5 nitrogen and oxygen atoms in total. The lowest BCUT2D eigenvalue weighted by Gasteiger charge is -2.37. The number of hydrogen-bond acceptors (Lipinski definition) is 5. The molecule has 0 bridgehead atoms. The van der Waals surface area contributed by atoms with Crippen LogP contribution in [-0.4, -0.2) is 47.9 Å². The van der Waals surface area contributed by atoms with Gasteiger partial charge in [0.1, 0.15) is 0 Å². The molecule has 100 valence electrons. The monoisotopic (exact) mass is 251 g/mol. The molecular weight excluding hydrogens is 229 g/mol. The summed E-state index contributed by atoms with van der Waals surface area (Å²) in [5.41, 5.74) is -0.650. The van der Waals surface area contributed by atoms with Gasteiger partial charge in [-0.3, -0.25) is 0 Å². The van der Waals surface area contributed by atoms with Crippen molar-refractivity contribution in [2.45, 2.75) is 38.9 Å². The minimum absolute atomic E-state index is 0.380. The lowest BCUT2D eigenvalue weighted by molar-refractivity contribution is -0.0893. The third kappa shape index (κ3) is 3.68. The molecule has 0 amide bonds. The summed E-state index contributed by atoms with van der Waals surface area (Å²) >= 11 is 0. The van der Waals surface area contributed by atoms with E-state index in [1.807, 2.05) is 32.8 Å². The Morgan fingerprint density at radius 3 is 2.06 bits per heavy atom. The first kappa shape index (κ1) is 14.9. The van der Waals surface area contributed by atoms with E-state index in [-0.39, 0.29) is 0 Å². The van der Waals surface area contributed by atoms with Gasteiger partial charge in [-0.15, -0.1) is 0 Å². The van der Waals surface area contributed by atoms with Crippen LogP contribution >= 0.6 is 0 Å². The summed E-state index contributed by atoms with van der Waals surface area (Å²) in [5, 5.41) is 9.98. The van der Waals surface area contributed by atoms with Crippen LogP contribution in [0.4, 0.5) is 5.95 Å². The molecule has 0 spiro atoms. The van der Waals surface area contributed by atoms with Gasteiger partial charge < -0.3 is 14.7 Å². The first-order valence-electron chi connectivity index (χ1n) is 5.98. The van der Waals surface area contributed by atoms with Crippen molar-refractivity contribution < 1.29 is 9.76 Å². The zero-order valence-electron chi connectivity index (χ0n) is 12.1. The van der Waals surface area contributed by atoms with E-state index in [0.717, 1.165) is 5.46 Å². The molecule has 1 aromatic heterocycles. The third-order valence-electron chi connectivity index (χ3n) is 3.16. The quantitative estimate of drug-likeness (QED) is 0.751. The van der Waals surface area contributed by atoms with E-state index in [9.17, 15) is 5.11 Å². The Balaban J connectivity index is 2.64. The van der Waals surface area contributed by atoms with E-state index in [1.54, 1.807) is 26.2 Å². The maximum atomic E-state index is 9.98. The molecule has 0 aliphatic heterocycles. The van der Waals surface area contributed by atoms with Gasteiger partial charge in [0.15, 0.2) is 0 Å². The topological polar surface area (TPSA) is 58.5 Å². The van der Waals surface area contributed by atoms with Gasteiger partial charge in [0.05, 0.1) is 11.2 Å². The standard InChI is InChI=1S/C12H22BN3O2/c1-11(2,17)12(3,4)18-13-9-7-14-10(15-8-9)16(5)6/h7-8,13,17H,1-6H3. The summed E-state index contributed by atoms with van der Waals surface area (Å²) in [7, 11) is 4.16. The van der Waals surface area contributed by atoms with Gasteiger partial charge in [0.25, 0.3) is 0 Å². The highest BCUT2D eigenvalue weighted by molar-refractivity contribution is 6.46. The predicted molar refractivity (Wildman–Crippen MR) is 74.6 cm³/mol. The number of rotatable bonds is 5. The van der Waals surface area contributed by atoms with Gasteiger partial charge in [0.2, 0.25) is 5.95 Å². The molecule has 1 N–H and O–H groups in total. The van der Waals surface area contributed by atoms with E-state index in [2.05, 4.69) is 9.97 Å². The van der Waals surface area contributed by atoms with Crippen LogP contribution in [0.1, 0.15) is 27.7 Å². The molecule has 0 saturated heterocycles. The van der Waals surface area contributed by atoms with Crippen LogP contribution in [0.5, 0.6) is 0 Å². The zero-order valence-corrected chi connectivity index (χ0v) is 12.1. The molecule has 0 fully saturated rings. The van der Waals surface area contributed by atoms with E-state index >= 15 is 0 Å². The highest BCUT2D eigenvalue weighted by Crippen LogP contribution is 2.24. The van der Waals surface area contributed by atoms with Crippen molar-refractivity contribution >= 4 is 18.9 Å². The Bertz CT molecular complexity index is 385. The Morgan fingerprint density at radius 2 is 1.67 bits per heavy atom. The fraction of sp³-hybridized carbons (Fsp3) is 0.667. The van der Waals surface area contributed by atoms with Crippen LogP contribution in [-0.2, 0) is 4.65 Å². The molecule has 0 aliphatic rings. The molecule has 1 rings (SSSR count). The molecular formula is C12H22BN3O2. The summed E-state index contributed by atoms with van der Waals surface area (Å²) in [6.07, 6.45) is 3.48. The van der Waals surface area contributed by atoms with Gasteiger partial charge in [-0.05, 0) is 33.2 Å². The summed E-state index contributed by atoms with van der Waals surface area (Å²) < 4.78 is 5.74. The minimum Gasteiger partial charge on any atom is -0.427 e. The van der Waals surface area contributed by atoms with Crippen molar-refractivity contribution in [3.63, 3.8) is 0 Å². The number of aromatic nitrogens is 2. The lowest BCUT2D eigenvalue weighted by atomic mass is 9.84. The fourth-order valence-electron chi connectivity index (χ4n) is 1.09. The first-order valence-corrected chi connectivity index (χ1v) is 5.98. The molecule has 0 aromatic carbocycles. The summed E-state index contributed by atoms with van der Waals surface area (Å²) in [4.78, 5) is 10.3. The van der Waals surface area contributed by atoms with E-state index in [1.165, 1.54) is 0 Å². The van der Waals surface area contributed by atoms with E-state index in [4.69, 9.17) is 4.65 Å². The summed E-state index contributed by atoms with van der Waals surface area (Å²) in [6.45, 7) is 7.20. The van der Waals surface area contributed by atoms with Gasteiger partial charge >= 0.3 is 7.48 Å². The van der Waals surface area contributed by atoms with Crippen molar-refractivity contribution in [1.82, 2.24) is 9.97 Å². The molecule has 0 aliphatic carbocycles. The van der Waals surface area contributed by atoms with Crippen molar-refractivity contribution in [1.29, 1.82) is 0 Å². The lowest BCUT2D eigenvalue weighted by Crippen LogP contribution is -2.49. The Hall–Kier alpha value is -1.14. The highest BCUT2D eigenvalue weighted by atomic mass is 16.5. The van der Waals surface area contributed by atoms with Crippen LogP contribution in [0, 0.1) is 0 Å². The molecule has 18 heavy (non-hydrogen) atoms. The average molecular weight is 251 g/mol. The molecule has 0 radical (unpaired) electrons. The van der Waals surface area contributed by atoms with Gasteiger partial charge in [-0.25, -0.2) is 9.97 Å². The predicted octanol–water partition coefficient (Wildman–Crippen LogP) is 0.0855. The number of hydrogen-bond donors (Lipinski definition) is 1. The van der Waals surface area contributed by atoms with Crippen LogP contribution in [0.15, 0.2) is 12.4 Å². The second kappa shape index (κ2) is 5.24. The fourth-order valence-corrected chi connectivity index (χ4v) is 1.09. The van der Waals surface area contributed by atoms with Crippen molar-refractivity contribution in [3.05, 3.63) is 12.4 Å². The van der Waals surface area contributed by atoms with Gasteiger partial charge in [-0.2, -0.15) is 0 Å². The largest absolute Gasteiger partial charge is 0.427 e. The normalized spacial score (nSPS) is 12.4.